The second kappa shape index (κ2) is 12.9. The van der Waals surface area contributed by atoms with Crippen LogP contribution in [0.5, 0.6) is 0 Å². The van der Waals surface area contributed by atoms with Gasteiger partial charge in [0.15, 0.2) is 0 Å². The fourth-order valence-corrected chi connectivity index (χ4v) is 2.48. The van der Waals surface area contributed by atoms with Gasteiger partial charge in [-0.25, -0.2) is 0 Å². The molecule has 0 bridgehead atoms. The first kappa shape index (κ1) is 18.2. The van der Waals surface area contributed by atoms with Gasteiger partial charge in [0.25, 0.3) is 0 Å². The standard InChI is InChI=1S/C20H34O/c1-3-5-7-8-9-10-11-12-13-14-15-16-18-20-19(21-20)17-6-4-2/h12-16,18-20H,3-11,17H2,1-2H3/t19-,20-/m1/s1. The zero-order chi connectivity index (χ0) is 15.2. The first-order valence-electron chi connectivity index (χ1n) is 9.04. The van der Waals surface area contributed by atoms with Crippen molar-refractivity contribution < 1.29 is 4.74 Å². The van der Waals surface area contributed by atoms with Gasteiger partial charge < -0.3 is 4.74 Å². The summed E-state index contributed by atoms with van der Waals surface area (Å²) in [7, 11) is 0. The Balaban J connectivity index is 1.91. The molecule has 1 nitrogen and oxygen atoms in total. The molecule has 1 fully saturated rings. The fourth-order valence-electron chi connectivity index (χ4n) is 2.48. The Bertz CT molecular complexity index is 314. The lowest BCUT2D eigenvalue weighted by Crippen LogP contribution is -1.89. The van der Waals surface area contributed by atoms with Gasteiger partial charge in [-0.2, -0.15) is 0 Å². The third-order valence-corrected chi connectivity index (χ3v) is 3.96. The lowest BCUT2D eigenvalue weighted by Gasteiger charge is -1.97. The Labute approximate surface area is 132 Å². The highest BCUT2D eigenvalue weighted by atomic mass is 16.6. The fraction of sp³-hybridized carbons (Fsp3) is 0.700. The molecule has 0 amide bonds. The van der Waals surface area contributed by atoms with E-state index in [1.54, 1.807) is 0 Å². The molecule has 0 unspecified atom stereocenters. The Morgan fingerprint density at radius 2 is 1.48 bits per heavy atom. The lowest BCUT2D eigenvalue weighted by atomic mass is 10.1. The highest BCUT2D eigenvalue weighted by molar-refractivity contribution is 5.14. The van der Waals surface area contributed by atoms with E-state index >= 15 is 0 Å². The SMILES string of the molecule is CCCCCCCCC=CC=CC=C[C@H]1O[C@@H]1CCCC. The van der Waals surface area contributed by atoms with E-state index < -0.39 is 0 Å². The molecule has 120 valence electrons. The molecule has 0 aromatic carbocycles. The summed E-state index contributed by atoms with van der Waals surface area (Å²) in [5.41, 5.74) is 0. The Kier molecular flexibility index (Phi) is 11.2. The molecule has 1 aliphatic heterocycles. The molecule has 0 aliphatic carbocycles. The minimum atomic E-state index is 0.383. The largest absolute Gasteiger partial charge is 0.365 e. The molecule has 0 N–H and O–H groups in total. The van der Waals surface area contributed by atoms with Crippen molar-refractivity contribution in [3.05, 3.63) is 36.5 Å². The molecule has 1 heterocycles. The van der Waals surface area contributed by atoms with E-state index in [0.717, 1.165) is 0 Å². The van der Waals surface area contributed by atoms with Gasteiger partial charge in [0.05, 0.1) is 6.10 Å². The van der Waals surface area contributed by atoms with Crippen LogP contribution < -0.4 is 0 Å². The minimum Gasteiger partial charge on any atom is -0.365 e. The molecule has 1 saturated heterocycles. The maximum absolute atomic E-state index is 5.58. The molecule has 21 heavy (non-hydrogen) atoms. The molecule has 2 atom stereocenters. The van der Waals surface area contributed by atoms with E-state index in [0.29, 0.717) is 12.2 Å². The molecule has 0 radical (unpaired) electrons. The van der Waals surface area contributed by atoms with Gasteiger partial charge in [-0.3, -0.25) is 0 Å². The van der Waals surface area contributed by atoms with Gasteiger partial charge in [0.2, 0.25) is 0 Å². The molecule has 1 heteroatoms. The number of hydrogen-bond donors (Lipinski definition) is 0. The molecule has 1 aliphatic rings. The quantitative estimate of drug-likeness (QED) is 0.218. The number of unbranched alkanes of at least 4 members (excludes halogenated alkanes) is 7. The summed E-state index contributed by atoms with van der Waals surface area (Å²) < 4.78 is 5.58. The normalized spacial score (nSPS) is 22.0. The summed E-state index contributed by atoms with van der Waals surface area (Å²) in [6.45, 7) is 4.50. The maximum Gasteiger partial charge on any atom is 0.103 e. The van der Waals surface area contributed by atoms with Crippen LogP contribution in [0.1, 0.15) is 78.1 Å². The first-order valence-corrected chi connectivity index (χ1v) is 9.04. The van der Waals surface area contributed by atoms with Crippen molar-refractivity contribution in [2.75, 3.05) is 0 Å². The van der Waals surface area contributed by atoms with Crippen LogP contribution in [0.25, 0.3) is 0 Å². The number of epoxide rings is 1. The minimum absolute atomic E-state index is 0.383. The highest BCUT2D eigenvalue weighted by Crippen LogP contribution is 2.28. The number of ether oxygens (including phenoxy) is 1. The van der Waals surface area contributed by atoms with E-state index in [1.165, 1.54) is 64.2 Å². The van der Waals surface area contributed by atoms with Crippen LogP contribution in [0.3, 0.4) is 0 Å². The van der Waals surface area contributed by atoms with Gasteiger partial charge in [-0.1, -0.05) is 95.2 Å². The summed E-state index contributed by atoms with van der Waals surface area (Å²) >= 11 is 0. The third-order valence-electron chi connectivity index (χ3n) is 3.96. The van der Waals surface area contributed by atoms with Gasteiger partial charge in [-0.15, -0.1) is 0 Å². The van der Waals surface area contributed by atoms with Gasteiger partial charge in [-0.05, 0) is 19.3 Å². The van der Waals surface area contributed by atoms with Crippen LogP contribution in [0.2, 0.25) is 0 Å². The molecular weight excluding hydrogens is 256 g/mol. The lowest BCUT2D eigenvalue weighted by molar-refractivity contribution is 0.375. The zero-order valence-corrected chi connectivity index (χ0v) is 14.1. The monoisotopic (exact) mass is 290 g/mol. The van der Waals surface area contributed by atoms with E-state index in [4.69, 9.17) is 4.74 Å². The van der Waals surface area contributed by atoms with Crippen molar-refractivity contribution >= 4 is 0 Å². The van der Waals surface area contributed by atoms with Crippen molar-refractivity contribution in [1.82, 2.24) is 0 Å². The van der Waals surface area contributed by atoms with Gasteiger partial charge in [0, 0.05) is 0 Å². The Hall–Kier alpha value is -0.820. The average molecular weight is 290 g/mol. The number of allylic oxidation sites excluding steroid dienone is 5. The van der Waals surface area contributed by atoms with Gasteiger partial charge >= 0.3 is 0 Å². The molecule has 0 aromatic rings. The molecule has 0 aromatic heterocycles. The van der Waals surface area contributed by atoms with E-state index in [2.05, 4.69) is 50.3 Å². The third kappa shape index (κ3) is 10.5. The molecule has 1 rings (SSSR count). The topological polar surface area (TPSA) is 12.5 Å². The average Bonchev–Trinajstić information content (AvgIpc) is 3.24. The van der Waals surface area contributed by atoms with Crippen LogP contribution in [0.4, 0.5) is 0 Å². The van der Waals surface area contributed by atoms with Gasteiger partial charge in [0.1, 0.15) is 6.10 Å². The molecule has 0 spiro atoms. The Morgan fingerprint density at radius 3 is 2.29 bits per heavy atom. The van der Waals surface area contributed by atoms with Crippen LogP contribution in [-0.2, 0) is 4.74 Å². The first-order chi connectivity index (χ1) is 10.4. The predicted octanol–water partition coefficient (Wildman–Crippen LogP) is 6.36. The summed E-state index contributed by atoms with van der Waals surface area (Å²) in [6.07, 6.45) is 27.1. The van der Waals surface area contributed by atoms with E-state index in [1.807, 2.05) is 0 Å². The number of hydrogen-bond acceptors (Lipinski definition) is 1. The second-order valence-corrected chi connectivity index (χ2v) is 6.04. The van der Waals surface area contributed by atoms with Crippen LogP contribution >= 0.6 is 0 Å². The van der Waals surface area contributed by atoms with Crippen LogP contribution in [-0.4, -0.2) is 12.2 Å². The zero-order valence-electron chi connectivity index (χ0n) is 14.1. The van der Waals surface area contributed by atoms with Crippen molar-refractivity contribution in [3.63, 3.8) is 0 Å². The summed E-state index contributed by atoms with van der Waals surface area (Å²) in [6, 6.07) is 0. The summed E-state index contributed by atoms with van der Waals surface area (Å²) in [5.74, 6) is 0. The van der Waals surface area contributed by atoms with Crippen molar-refractivity contribution in [2.45, 2.75) is 90.3 Å². The summed E-state index contributed by atoms with van der Waals surface area (Å²) in [5, 5.41) is 0. The smallest absolute Gasteiger partial charge is 0.103 e. The van der Waals surface area contributed by atoms with Crippen molar-refractivity contribution in [1.29, 1.82) is 0 Å². The predicted molar refractivity (Wildman–Crippen MR) is 93.6 cm³/mol. The van der Waals surface area contributed by atoms with Crippen molar-refractivity contribution in [3.8, 4) is 0 Å². The Morgan fingerprint density at radius 1 is 0.762 bits per heavy atom. The van der Waals surface area contributed by atoms with E-state index in [-0.39, 0.29) is 0 Å². The second-order valence-electron chi connectivity index (χ2n) is 6.04. The molecular formula is C20H34O. The van der Waals surface area contributed by atoms with Crippen molar-refractivity contribution in [2.24, 2.45) is 0 Å². The molecule has 0 saturated carbocycles. The highest BCUT2D eigenvalue weighted by Gasteiger charge is 2.34. The summed E-state index contributed by atoms with van der Waals surface area (Å²) in [4.78, 5) is 0. The van der Waals surface area contributed by atoms with Crippen LogP contribution in [0.15, 0.2) is 36.5 Å². The number of rotatable bonds is 13. The van der Waals surface area contributed by atoms with E-state index in [9.17, 15) is 0 Å². The van der Waals surface area contributed by atoms with Crippen LogP contribution in [0, 0.1) is 0 Å². The maximum atomic E-state index is 5.58.